The van der Waals surface area contributed by atoms with Crippen LogP contribution in [0, 0.1) is 0 Å². The average molecular weight is 479 g/mol. The Hall–Kier alpha value is -2.63. The Kier molecular flexibility index (Phi) is 7.39. The van der Waals surface area contributed by atoms with Gasteiger partial charge in [-0.15, -0.1) is 0 Å². The molecule has 0 saturated carbocycles. The molecule has 1 amide bonds. The molecule has 5 heteroatoms. The number of piperidine rings is 1. The Morgan fingerprint density at radius 1 is 0.935 bits per heavy atom. The number of hydrogen-bond donors (Lipinski definition) is 1. The first-order valence-corrected chi connectivity index (χ1v) is 11.5. The second kappa shape index (κ2) is 10.6. The van der Waals surface area contributed by atoms with E-state index in [-0.39, 0.29) is 5.91 Å². The third-order valence-electron chi connectivity index (χ3n) is 5.63. The van der Waals surface area contributed by atoms with Gasteiger partial charge in [-0.2, -0.15) is 0 Å². The molecular formula is C26H27BrN2O2. The van der Waals surface area contributed by atoms with E-state index in [2.05, 4.69) is 45.5 Å². The minimum atomic E-state index is 0.133. The van der Waals surface area contributed by atoms with E-state index < -0.39 is 0 Å². The summed E-state index contributed by atoms with van der Waals surface area (Å²) in [5.41, 5.74) is 3.13. The molecule has 1 heterocycles. The first-order chi connectivity index (χ1) is 15.2. The predicted molar refractivity (Wildman–Crippen MR) is 127 cm³/mol. The molecule has 160 valence electrons. The van der Waals surface area contributed by atoms with Crippen LogP contribution in [0.5, 0.6) is 5.75 Å². The number of hydrogen-bond acceptors (Lipinski definition) is 3. The monoisotopic (exact) mass is 478 g/mol. The lowest BCUT2D eigenvalue weighted by atomic mass is 10.0. The number of ether oxygens (including phenoxy) is 1. The van der Waals surface area contributed by atoms with Crippen LogP contribution in [0.4, 0.5) is 0 Å². The van der Waals surface area contributed by atoms with Gasteiger partial charge in [0.25, 0.3) is 5.91 Å². The molecule has 1 aliphatic heterocycles. The largest absolute Gasteiger partial charge is 0.488 e. The fourth-order valence-corrected chi connectivity index (χ4v) is 4.36. The summed E-state index contributed by atoms with van der Waals surface area (Å²) >= 11 is 3.64. The van der Waals surface area contributed by atoms with E-state index >= 15 is 0 Å². The highest BCUT2D eigenvalue weighted by Crippen LogP contribution is 2.27. The number of rotatable bonds is 7. The quantitative estimate of drug-likeness (QED) is 0.492. The maximum absolute atomic E-state index is 12.6. The topological polar surface area (TPSA) is 41.6 Å². The fraction of sp³-hybridized carbons (Fsp3) is 0.269. The Morgan fingerprint density at radius 3 is 2.29 bits per heavy atom. The number of halogens is 1. The number of nitrogens with one attached hydrogen (secondary N) is 1. The van der Waals surface area contributed by atoms with Gasteiger partial charge in [0.2, 0.25) is 0 Å². The van der Waals surface area contributed by atoms with Gasteiger partial charge >= 0.3 is 0 Å². The van der Waals surface area contributed by atoms with Gasteiger partial charge < -0.3 is 15.0 Å². The van der Waals surface area contributed by atoms with Crippen molar-refractivity contribution in [3.8, 4) is 5.75 Å². The molecule has 0 aromatic heterocycles. The Morgan fingerprint density at radius 2 is 1.61 bits per heavy atom. The first kappa shape index (κ1) is 21.6. The maximum Gasteiger partial charge on any atom is 0.253 e. The van der Waals surface area contributed by atoms with Crippen LogP contribution in [0.3, 0.4) is 0 Å². The van der Waals surface area contributed by atoms with E-state index in [0.29, 0.717) is 12.6 Å². The smallest absolute Gasteiger partial charge is 0.253 e. The van der Waals surface area contributed by atoms with Crippen molar-refractivity contribution in [1.82, 2.24) is 10.2 Å². The normalized spacial score (nSPS) is 14.4. The highest BCUT2D eigenvalue weighted by Gasteiger charge is 2.23. The van der Waals surface area contributed by atoms with Gasteiger partial charge in [-0.05, 0) is 64.2 Å². The van der Waals surface area contributed by atoms with E-state index in [1.54, 1.807) is 0 Å². The van der Waals surface area contributed by atoms with Crippen molar-refractivity contribution >= 4 is 21.8 Å². The van der Waals surface area contributed by atoms with Gasteiger partial charge in [-0.1, -0.05) is 54.6 Å². The van der Waals surface area contributed by atoms with Crippen LogP contribution in [0.2, 0.25) is 0 Å². The molecule has 1 fully saturated rings. The fourth-order valence-electron chi connectivity index (χ4n) is 3.82. The number of amides is 1. The highest BCUT2D eigenvalue weighted by molar-refractivity contribution is 9.10. The lowest BCUT2D eigenvalue weighted by molar-refractivity contribution is 0.0704. The molecular weight excluding hydrogens is 452 g/mol. The molecule has 0 aliphatic carbocycles. The van der Waals surface area contributed by atoms with Crippen molar-refractivity contribution in [3.05, 3.63) is 100 Å². The number of nitrogens with zero attached hydrogens (tertiary/aromatic N) is 1. The van der Waals surface area contributed by atoms with Crippen LogP contribution < -0.4 is 10.1 Å². The molecule has 3 aromatic rings. The van der Waals surface area contributed by atoms with E-state index in [9.17, 15) is 4.79 Å². The van der Waals surface area contributed by atoms with Crippen LogP contribution in [-0.4, -0.2) is 29.9 Å². The summed E-state index contributed by atoms with van der Waals surface area (Å²) in [5, 5.41) is 3.64. The minimum absolute atomic E-state index is 0.133. The Labute approximate surface area is 192 Å². The summed E-state index contributed by atoms with van der Waals surface area (Å²) in [4.78, 5) is 14.5. The second-order valence-electron chi connectivity index (χ2n) is 7.85. The van der Waals surface area contributed by atoms with E-state index in [0.717, 1.165) is 53.8 Å². The molecule has 31 heavy (non-hydrogen) atoms. The van der Waals surface area contributed by atoms with Gasteiger partial charge in [-0.25, -0.2) is 0 Å². The van der Waals surface area contributed by atoms with Gasteiger partial charge in [0, 0.05) is 31.2 Å². The van der Waals surface area contributed by atoms with Crippen molar-refractivity contribution < 1.29 is 9.53 Å². The van der Waals surface area contributed by atoms with E-state index in [1.165, 1.54) is 5.56 Å². The van der Waals surface area contributed by atoms with Gasteiger partial charge in [0.1, 0.15) is 12.4 Å². The zero-order valence-corrected chi connectivity index (χ0v) is 19.1. The third-order valence-corrected chi connectivity index (χ3v) is 6.25. The van der Waals surface area contributed by atoms with Crippen LogP contribution in [0.25, 0.3) is 0 Å². The van der Waals surface area contributed by atoms with Crippen molar-refractivity contribution in [2.75, 3.05) is 13.1 Å². The summed E-state index contributed by atoms with van der Waals surface area (Å²) < 4.78 is 6.90. The Balaban J connectivity index is 1.23. The third kappa shape index (κ3) is 5.96. The Bertz CT molecular complexity index is 987. The SMILES string of the molecule is O=C(c1ccccc1)N1CCC(NCc2ccc(OCc3ccccc3)c(Br)c2)CC1. The highest BCUT2D eigenvalue weighted by atomic mass is 79.9. The van der Waals surface area contributed by atoms with Crippen molar-refractivity contribution in [2.24, 2.45) is 0 Å². The van der Waals surface area contributed by atoms with Gasteiger partial charge in [0.05, 0.1) is 4.47 Å². The second-order valence-corrected chi connectivity index (χ2v) is 8.71. The van der Waals surface area contributed by atoms with E-state index in [1.807, 2.05) is 59.5 Å². The maximum atomic E-state index is 12.6. The van der Waals surface area contributed by atoms with E-state index in [4.69, 9.17) is 4.74 Å². The number of likely N-dealkylation sites (tertiary alicyclic amines) is 1. The van der Waals surface area contributed by atoms with Crippen LogP contribution in [-0.2, 0) is 13.2 Å². The van der Waals surface area contributed by atoms with Crippen molar-refractivity contribution in [3.63, 3.8) is 0 Å². The lowest BCUT2D eigenvalue weighted by Gasteiger charge is -2.32. The van der Waals surface area contributed by atoms with Crippen LogP contribution >= 0.6 is 15.9 Å². The molecule has 4 rings (SSSR count). The molecule has 0 atom stereocenters. The molecule has 0 unspecified atom stereocenters. The average Bonchev–Trinajstić information content (AvgIpc) is 2.83. The molecule has 0 bridgehead atoms. The number of benzene rings is 3. The van der Waals surface area contributed by atoms with Crippen LogP contribution in [0.15, 0.2) is 83.3 Å². The van der Waals surface area contributed by atoms with Crippen molar-refractivity contribution in [2.45, 2.75) is 32.0 Å². The summed E-state index contributed by atoms with van der Waals surface area (Å²) in [6.07, 6.45) is 1.94. The number of carbonyl (C=O) groups is 1. The molecule has 0 radical (unpaired) electrons. The standard InChI is InChI=1S/C26H27BrN2O2/c27-24-17-21(11-12-25(24)31-19-20-7-3-1-4-8-20)18-28-23-13-15-29(16-14-23)26(30)22-9-5-2-6-10-22/h1-12,17,23,28H,13-16,18-19H2. The zero-order valence-electron chi connectivity index (χ0n) is 17.5. The molecule has 4 nitrogen and oxygen atoms in total. The van der Waals surface area contributed by atoms with Gasteiger partial charge in [-0.3, -0.25) is 4.79 Å². The minimum Gasteiger partial charge on any atom is -0.488 e. The molecule has 1 saturated heterocycles. The predicted octanol–water partition coefficient (Wildman–Crippen LogP) is 5.42. The summed E-state index contributed by atoms with van der Waals surface area (Å²) in [5.74, 6) is 0.981. The van der Waals surface area contributed by atoms with Gasteiger partial charge in [0.15, 0.2) is 0 Å². The molecule has 1 N–H and O–H groups in total. The summed E-state index contributed by atoms with van der Waals surface area (Å²) in [6.45, 7) is 2.94. The van der Waals surface area contributed by atoms with Crippen molar-refractivity contribution in [1.29, 1.82) is 0 Å². The summed E-state index contributed by atoms with van der Waals surface area (Å²) in [7, 11) is 0. The first-order valence-electron chi connectivity index (χ1n) is 10.7. The zero-order chi connectivity index (χ0) is 21.5. The molecule has 1 aliphatic rings. The molecule has 3 aromatic carbocycles. The van der Waals surface area contributed by atoms with Crippen LogP contribution in [0.1, 0.15) is 34.3 Å². The molecule has 0 spiro atoms. The lowest BCUT2D eigenvalue weighted by Crippen LogP contribution is -2.44. The number of carbonyl (C=O) groups excluding carboxylic acids is 1. The summed E-state index contributed by atoms with van der Waals surface area (Å²) in [6, 6.07) is 26.4.